The van der Waals surface area contributed by atoms with Gasteiger partial charge >= 0.3 is 0 Å². The van der Waals surface area contributed by atoms with Crippen molar-refractivity contribution in [2.45, 2.75) is 18.2 Å². The summed E-state index contributed by atoms with van der Waals surface area (Å²) in [4.78, 5) is 11.9. The standard InChI is InChI=1S/C16H16Cl2N2O3S/c1-2-6-19-16(21)11-4-3-5-15(7-11)24(22,23)20-14-9-12(17)8-13(18)10-14/h3-5,7-10,20H,2,6H2,1H3,(H,19,21). The zero-order valence-electron chi connectivity index (χ0n) is 12.8. The Balaban J connectivity index is 2.27. The second-order valence-corrected chi connectivity index (χ2v) is 7.60. The Bertz CT molecular complexity index is 834. The van der Waals surface area contributed by atoms with E-state index in [2.05, 4.69) is 10.0 Å². The number of anilines is 1. The lowest BCUT2D eigenvalue weighted by atomic mass is 10.2. The summed E-state index contributed by atoms with van der Waals surface area (Å²) in [5.41, 5.74) is 0.517. The lowest BCUT2D eigenvalue weighted by molar-refractivity contribution is 0.0953. The van der Waals surface area contributed by atoms with Crippen LogP contribution < -0.4 is 10.0 Å². The first kappa shape index (κ1) is 18.6. The van der Waals surface area contributed by atoms with Crippen LogP contribution in [-0.4, -0.2) is 20.9 Å². The number of benzene rings is 2. The number of sulfonamides is 1. The molecule has 0 saturated heterocycles. The molecule has 0 saturated carbocycles. The van der Waals surface area contributed by atoms with Crippen LogP contribution in [0.25, 0.3) is 0 Å². The summed E-state index contributed by atoms with van der Waals surface area (Å²) in [6.45, 7) is 2.45. The van der Waals surface area contributed by atoms with Gasteiger partial charge in [-0.05, 0) is 42.8 Å². The normalized spacial score (nSPS) is 11.1. The summed E-state index contributed by atoms with van der Waals surface area (Å²) in [6, 6.07) is 10.2. The number of amides is 1. The Hall–Kier alpha value is -1.76. The third-order valence-corrected chi connectivity index (χ3v) is 4.87. The molecule has 24 heavy (non-hydrogen) atoms. The van der Waals surface area contributed by atoms with Crippen LogP contribution >= 0.6 is 23.2 Å². The van der Waals surface area contributed by atoms with Crippen molar-refractivity contribution in [2.24, 2.45) is 0 Å². The highest BCUT2D eigenvalue weighted by Gasteiger charge is 2.17. The molecule has 2 rings (SSSR count). The SMILES string of the molecule is CCCNC(=O)c1cccc(S(=O)(=O)Nc2cc(Cl)cc(Cl)c2)c1. The average molecular weight is 387 g/mol. The molecule has 2 aromatic carbocycles. The van der Waals surface area contributed by atoms with Crippen molar-refractivity contribution in [3.8, 4) is 0 Å². The van der Waals surface area contributed by atoms with Gasteiger partial charge in [-0.15, -0.1) is 0 Å². The van der Waals surface area contributed by atoms with Gasteiger partial charge < -0.3 is 5.32 Å². The molecular weight excluding hydrogens is 371 g/mol. The van der Waals surface area contributed by atoms with E-state index in [1.54, 1.807) is 6.07 Å². The minimum atomic E-state index is -3.87. The maximum absolute atomic E-state index is 12.5. The number of halogens is 2. The fraction of sp³-hybridized carbons (Fsp3) is 0.188. The number of hydrogen-bond donors (Lipinski definition) is 2. The minimum absolute atomic E-state index is 0.0252. The van der Waals surface area contributed by atoms with Crippen LogP contribution in [0.1, 0.15) is 23.7 Å². The Morgan fingerprint density at radius 3 is 2.38 bits per heavy atom. The van der Waals surface area contributed by atoms with E-state index >= 15 is 0 Å². The molecule has 0 aliphatic carbocycles. The first-order valence-corrected chi connectivity index (χ1v) is 9.43. The maximum atomic E-state index is 12.5. The van der Waals surface area contributed by atoms with Gasteiger partial charge in [-0.3, -0.25) is 9.52 Å². The topological polar surface area (TPSA) is 75.3 Å². The van der Waals surface area contributed by atoms with Gasteiger partial charge in [-0.1, -0.05) is 36.2 Å². The monoisotopic (exact) mass is 386 g/mol. The molecule has 2 N–H and O–H groups in total. The highest BCUT2D eigenvalue weighted by Crippen LogP contribution is 2.25. The molecule has 0 radical (unpaired) electrons. The number of carbonyl (C=O) groups excluding carboxylic acids is 1. The van der Waals surface area contributed by atoms with Crippen LogP contribution in [0, 0.1) is 0 Å². The van der Waals surface area contributed by atoms with E-state index in [0.29, 0.717) is 16.6 Å². The van der Waals surface area contributed by atoms with E-state index in [1.807, 2.05) is 6.92 Å². The van der Waals surface area contributed by atoms with Crippen molar-refractivity contribution in [2.75, 3.05) is 11.3 Å². The number of nitrogens with one attached hydrogen (secondary N) is 2. The lowest BCUT2D eigenvalue weighted by Gasteiger charge is -2.10. The Kier molecular flexibility index (Phi) is 6.10. The van der Waals surface area contributed by atoms with Crippen LogP contribution in [0.5, 0.6) is 0 Å². The van der Waals surface area contributed by atoms with E-state index in [9.17, 15) is 13.2 Å². The zero-order chi connectivity index (χ0) is 17.7. The molecular formula is C16H16Cl2N2O3S. The number of hydrogen-bond acceptors (Lipinski definition) is 3. The zero-order valence-corrected chi connectivity index (χ0v) is 15.2. The van der Waals surface area contributed by atoms with Crippen molar-refractivity contribution >= 4 is 44.8 Å². The maximum Gasteiger partial charge on any atom is 0.261 e. The van der Waals surface area contributed by atoms with Crippen LogP contribution in [0.3, 0.4) is 0 Å². The molecule has 0 bridgehead atoms. The summed E-state index contributed by atoms with van der Waals surface area (Å²) >= 11 is 11.7. The van der Waals surface area contributed by atoms with E-state index < -0.39 is 10.0 Å². The first-order chi connectivity index (χ1) is 11.3. The van der Waals surface area contributed by atoms with Gasteiger partial charge in [0.1, 0.15) is 0 Å². The van der Waals surface area contributed by atoms with Crippen LogP contribution in [0.15, 0.2) is 47.4 Å². The fourth-order valence-corrected chi connectivity index (χ4v) is 3.58. The van der Waals surface area contributed by atoms with Crippen molar-refractivity contribution in [1.82, 2.24) is 5.32 Å². The third kappa shape index (κ3) is 4.87. The molecule has 0 unspecified atom stereocenters. The molecule has 5 nitrogen and oxygen atoms in total. The van der Waals surface area contributed by atoms with Crippen molar-refractivity contribution in [3.63, 3.8) is 0 Å². The van der Waals surface area contributed by atoms with Crippen molar-refractivity contribution in [3.05, 3.63) is 58.1 Å². The molecule has 0 fully saturated rings. The quantitative estimate of drug-likeness (QED) is 0.789. The molecule has 0 aromatic heterocycles. The molecule has 1 amide bonds. The molecule has 0 aliphatic rings. The predicted octanol–water partition coefficient (Wildman–Crippen LogP) is 3.93. The highest BCUT2D eigenvalue weighted by molar-refractivity contribution is 7.92. The van der Waals surface area contributed by atoms with E-state index in [4.69, 9.17) is 23.2 Å². The van der Waals surface area contributed by atoms with Gasteiger partial charge in [0, 0.05) is 22.2 Å². The number of carbonyl (C=O) groups is 1. The van der Waals surface area contributed by atoms with Crippen LogP contribution in [-0.2, 0) is 10.0 Å². The van der Waals surface area contributed by atoms with Crippen LogP contribution in [0.4, 0.5) is 5.69 Å². The predicted molar refractivity (Wildman–Crippen MR) is 96.3 cm³/mol. The lowest BCUT2D eigenvalue weighted by Crippen LogP contribution is -2.24. The van der Waals surface area contributed by atoms with Gasteiger partial charge in [-0.25, -0.2) is 8.42 Å². The van der Waals surface area contributed by atoms with Gasteiger partial charge in [-0.2, -0.15) is 0 Å². The van der Waals surface area contributed by atoms with Crippen LogP contribution in [0.2, 0.25) is 10.0 Å². The molecule has 0 heterocycles. The summed E-state index contributed by atoms with van der Waals surface area (Å²) in [6.07, 6.45) is 0.792. The Labute approximate surface area is 151 Å². The molecule has 0 atom stereocenters. The molecule has 128 valence electrons. The largest absolute Gasteiger partial charge is 0.352 e. The Morgan fingerprint density at radius 2 is 1.75 bits per heavy atom. The summed E-state index contributed by atoms with van der Waals surface area (Å²) < 4.78 is 27.4. The molecule has 0 spiro atoms. The second kappa shape index (κ2) is 7.88. The summed E-state index contributed by atoms with van der Waals surface area (Å²) in [5, 5.41) is 3.33. The molecule has 8 heteroatoms. The van der Waals surface area contributed by atoms with Gasteiger partial charge in [0.05, 0.1) is 10.6 Å². The van der Waals surface area contributed by atoms with E-state index in [1.165, 1.54) is 36.4 Å². The van der Waals surface area contributed by atoms with Gasteiger partial charge in [0.15, 0.2) is 0 Å². The van der Waals surface area contributed by atoms with E-state index in [-0.39, 0.29) is 22.1 Å². The second-order valence-electron chi connectivity index (χ2n) is 5.05. The first-order valence-electron chi connectivity index (χ1n) is 7.19. The smallest absolute Gasteiger partial charge is 0.261 e. The molecule has 0 aliphatic heterocycles. The highest BCUT2D eigenvalue weighted by atomic mass is 35.5. The number of rotatable bonds is 6. The molecule has 2 aromatic rings. The fourth-order valence-electron chi connectivity index (χ4n) is 1.97. The minimum Gasteiger partial charge on any atom is -0.352 e. The Morgan fingerprint density at radius 1 is 1.08 bits per heavy atom. The average Bonchev–Trinajstić information content (AvgIpc) is 2.51. The van der Waals surface area contributed by atoms with E-state index in [0.717, 1.165) is 6.42 Å². The summed E-state index contributed by atoms with van der Waals surface area (Å²) in [5.74, 6) is -0.320. The van der Waals surface area contributed by atoms with Crippen molar-refractivity contribution in [1.29, 1.82) is 0 Å². The summed E-state index contributed by atoms with van der Waals surface area (Å²) in [7, 11) is -3.87. The van der Waals surface area contributed by atoms with Gasteiger partial charge in [0.2, 0.25) is 0 Å². The van der Waals surface area contributed by atoms with Crippen molar-refractivity contribution < 1.29 is 13.2 Å². The third-order valence-electron chi connectivity index (χ3n) is 3.06. The van der Waals surface area contributed by atoms with Gasteiger partial charge in [0.25, 0.3) is 15.9 Å².